The molecule has 6 rings (SSSR count). The second-order valence-electron chi connectivity index (χ2n) is 8.87. The normalized spacial score (nSPS) is 26.8. The average molecular weight is 435 g/mol. The Bertz CT molecular complexity index is 1180. The summed E-state index contributed by atoms with van der Waals surface area (Å²) in [5.74, 6) is 1.23. The summed E-state index contributed by atoms with van der Waals surface area (Å²) in [4.78, 5) is 20.3. The van der Waals surface area contributed by atoms with E-state index in [-0.39, 0.29) is 18.2 Å². The topological polar surface area (TPSA) is 114 Å². The molecule has 0 bridgehead atoms. The van der Waals surface area contributed by atoms with Gasteiger partial charge in [0.2, 0.25) is 0 Å². The first-order chi connectivity index (χ1) is 15.6. The summed E-state index contributed by atoms with van der Waals surface area (Å²) >= 11 is 0. The number of carbonyl (C=O) groups is 1. The van der Waals surface area contributed by atoms with Crippen molar-refractivity contribution in [3.05, 3.63) is 36.8 Å². The summed E-state index contributed by atoms with van der Waals surface area (Å²) in [6.07, 6.45) is 7.00. The van der Waals surface area contributed by atoms with Crippen LogP contribution in [0.1, 0.15) is 31.7 Å². The zero-order valence-corrected chi connectivity index (χ0v) is 17.6. The predicted octanol–water partition coefficient (Wildman–Crippen LogP) is 3.05. The Morgan fingerprint density at radius 3 is 3.00 bits per heavy atom. The molecule has 2 aliphatic heterocycles. The van der Waals surface area contributed by atoms with E-state index in [2.05, 4.69) is 26.0 Å². The van der Waals surface area contributed by atoms with Crippen molar-refractivity contribution >= 4 is 22.9 Å². The van der Waals surface area contributed by atoms with Gasteiger partial charge in [-0.1, -0.05) is 12.1 Å². The van der Waals surface area contributed by atoms with Gasteiger partial charge in [0.25, 0.3) is 0 Å². The third-order valence-electron chi connectivity index (χ3n) is 6.72. The minimum absolute atomic E-state index is 0.162. The van der Waals surface area contributed by atoms with E-state index < -0.39 is 5.60 Å². The Kier molecular flexibility index (Phi) is 4.46. The van der Waals surface area contributed by atoms with E-state index >= 15 is 0 Å². The van der Waals surface area contributed by atoms with Crippen LogP contribution in [0.15, 0.2) is 36.8 Å². The summed E-state index contributed by atoms with van der Waals surface area (Å²) < 4.78 is 19.3. The Morgan fingerprint density at radius 1 is 1.31 bits per heavy atom. The van der Waals surface area contributed by atoms with E-state index in [4.69, 9.17) is 19.9 Å². The minimum Gasteiger partial charge on any atom is -0.491 e. The number of nitrogens with two attached hydrogens (primary N) is 1. The fourth-order valence-corrected chi connectivity index (χ4v) is 5.05. The lowest BCUT2D eigenvalue weighted by atomic mass is 9.75. The lowest BCUT2D eigenvalue weighted by Crippen LogP contribution is -2.47. The molecule has 9 nitrogen and oxygen atoms in total. The molecule has 1 saturated carbocycles. The molecular weight excluding hydrogens is 410 g/mol. The summed E-state index contributed by atoms with van der Waals surface area (Å²) in [7, 11) is 0. The van der Waals surface area contributed by atoms with E-state index in [9.17, 15) is 4.79 Å². The second-order valence-corrected chi connectivity index (χ2v) is 8.87. The van der Waals surface area contributed by atoms with Crippen molar-refractivity contribution in [3.8, 4) is 16.9 Å². The number of carbonyl (C=O) groups excluding carboxylic acids is 1. The number of alkyl carbamates (subject to hydrolysis) is 1. The summed E-state index contributed by atoms with van der Waals surface area (Å²) in [6.45, 7) is 1.91. The van der Waals surface area contributed by atoms with Crippen molar-refractivity contribution in [2.24, 2.45) is 0 Å². The Balaban J connectivity index is 1.31. The van der Waals surface area contributed by atoms with Crippen LogP contribution in [0.5, 0.6) is 5.75 Å². The highest BCUT2D eigenvalue weighted by atomic mass is 16.6. The van der Waals surface area contributed by atoms with Crippen LogP contribution in [0.2, 0.25) is 0 Å². The maximum Gasteiger partial charge on any atom is 0.407 e. The number of ether oxygens (including phenoxy) is 3. The number of aromatic nitrogens is 3. The number of anilines is 1. The second kappa shape index (κ2) is 7.37. The summed E-state index contributed by atoms with van der Waals surface area (Å²) in [6, 6.07) is 8.16. The van der Waals surface area contributed by atoms with Crippen molar-refractivity contribution in [1.82, 2.24) is 19.9 Å². The van der Waals surface area contributed by atoms with Crippen LogP contribution in [0, 0.1) is 0 Å². The molecule has 2 aromatic heterocycles. The predicted molar refractivity (Wildman–Crippen MR) is 117 cm³/mol. The van der Waals surface area contributed by atoms with Crippen molar-refractivity contribution in [2.75, 3.05) is 25.5 Å². The van der Waals surface area contributed by atoms with Crippen LogP contribution in [0.25, 0.3) is 22.2 Å². The van der Waals surface area contributed by atoms with Gasteiger partial charge in [0.15, 0.2) is 0 Å². The van der Waals surface area contributed by atoms with Crippen LogP contribution in [-0.4, -0.2) is 52.1 Å². The standard InChI is InChI=1S/C23H25N5O4/c24-20-19-18(14-3-1-4-16(7-14)31-11-17-5-2-6-30-17)10-28(21(19)27-13-26-20)15-8-23(9-15)12-25-22(29)32-23/h1,3-4,7,10,13,15,17H,2,5-6,8-9,11-12H2,(H,25,29)(H2,24,26,27)/t15?,17-,23?/m0/s1. The highest BCUT2D eigenvalue weighted by Crippen LogP contribution is 2.48. The zero-order valence-electron chi connectivity index (χ0n) is 17.6. The maximum atomic E-state index is 11.5. The van der Waals surface area contributed by atoms with Crippen molar-refractivity contribution in [2.45, 2.75) is 43.4 Å². The largest absolute Gasteiger partial charge is 0.491 e. The third kappa shape index (κ3) is 3.24. The van der Waals surface area contributed by atoms with Crippen LogP contribution in [0.4, 0.5) is 10.6 Å². The zero-order chi connectivity index (χ0) is 21.7. The molecule has 1 spiro atoms. The smallest absolute Gasteiger partial charge is 0.407 e. The monoisotopic (exact) mass is 435 g/mol. The summed E-state index contributed by atoms with van der Waals surface area (Å²) in [5, 5.41) is 3.59. The van der Waals surface area contributed by atoms with Crippen LogP contribution < -0.4 is 15.8 Å². The molecule has 4 heterocycles. The molecule has 1 atom stereocenters. The SMILES string of the molecule is Nc1ncnc2c1c(-c1cccc(OC[C@@H]3CCCO3)c1)cn2C1CC2(CNC(=O)O2)C1. The molecule has 2 saturated heterocycles. The molecule has 0 unspecified atom stereocenters. The molecule has 3 N–H and O–H groups in total. The third-order valence-corrected chi connectivity index (χ3v) is 6.72. The minimum atomic E-state index is -0.410. The van der Waals surface area contributed by atoms with E-state index in [1.54, 1.807) is 0 Å². The van der Waals surface area contributed by atoms with E-state index in [0.29, 0.717) is 19.0 Å². The van der Waals surface area contributed by atoms with Gasteiger partial charge in [-0.05, 0) is 30.5 Å². The number of fused-ring (bicyclic) bond motifs is 1. The molecule has 166 valence electrons. The fourth-order valence-electron chi connectivity index (χ4n) is 5.05. The molecule has 1 amide bonds. The Hall–Kier alpha value is -3.33. The van der Waals surface area contributed by atoms with Gasteiger partial charge in [-0.2, -0.15) is 0 Å². The van der Waals surface area contributed by atoms with E-state index in [1.807, 2.05) is 24.3 Å². The van der Waals surface area contributed by atoms with Crippen molar-refractivity contribution < 1.29 is 19.0 Å². The lowest BCUT2D eigenvalue weighted by molar-refractivity contribution is -0.0395. The number of nitrogen functional groups attached to an aromatic ring is 1. The molecule has 3 aliphatic rings. The lowest BCUT2D eigenvalue weighted by Gasteiger charge is -2.43. The first-order valence-electron chi connectivity index (χ1n) is 11.0. The molecule has 0 radical (unpaired) electrons. The number of nitrogens with zero attached hydrogens (tertiary/aromatic N) is 3. The van der Waals surface area contributed by atoms with Crippen LogP contribution in [0.3, 0.4) is 0 Å². The van der Waals surface area contributed by atoms with Crippen LogP contribution >= 0.6 is 0 Å². The number of rotatable bonds is 5. The van der Waals surface area contributed by atoms with E-state index in [0.717, 1.165) is 60.2 Å². The van der Waals surface area contributed by atoms with Gasteiger partial charge in [-0.25, -0.2) is 14.8 Å². The van der Waals surface area contributed by atoms with E-state index in [1.165, 1.54) is 6.33 Å². The van der Waals surface area contributed by atoms with Gasteiger partial charge >= 0.3 is 6.09 Å². The van der Waals surface area contributed by atoms with Gasteiger partial charge in [0.1, 0.15) is 35.7 Å². The van der Waals surface area contributed by atoms with Crippen LogP contribution in [-0.2, 0) is 9.47 Å². The Morgan fingerprint density at radius 2 is 2.22 bits per heavy atom. The molecule has 1 aliphatic carbocycles. The molecule has 3 aromatic rings. The maximum absolute atomic E-state index is 11.5. The number of benzene rings is 1. The first kappa shape index (κ1) is 19.4. The quantitative estimate of drug-likeness (QED) is 0.633. The molecule has 3 fully saturated rings. The first-order valence-corrected chi connectivity index (χ1v) is 11.0. The van der Waals surface area contributed by atoms with Gasteiger partial charge in [-0.3, -0.25) is 0 Å². The van der Waals surface area contributed by atoms with Crippen molar-refractivity contribution in [3.63, 3.8) is 0 Å². The Labute approximate surface area is 184 Å². The summed E-state index contributed by atoms with van der Waals surface area (Å²) in [5.41, 5.74) is 8.62. The van der Waals surface area contributed by atoms with Gasteiger partial charge < -0.3 is 29.8 Å². The number of hydrogen-bond donors (Lipinski definition) is 2. The number of hydrogen-bond acceptors (Lipinski definition) is 7. The average Bonchev–Trinajstić information content (AvgIpc) is 3.50. The van der Waals surface area contributed by atoms with Gasteiger partial charge in [0, 0.05) is 37.3 Å². The highest BCUT2D eigenvalue weighted by Gasteiger charge is 2.52. The van der Waals surface area contributed by atoms with Gasteiger partial charge in [0.05, 0.1) is 18.0 Å². The molecular formula is C23H25N5O4. The highest BCUT2D eigenvalue weighted by molar-refractivity contribution is 6.00. The fraction of sp³-hybridized carbons (Fsp3) is 0.435. The molecule has 1 aromatic carbocycles. The van der Waals surface area contributed by atoms with Crippen molar-refractivity contribution in [1.29, 1.82) is 0 Å². The molecule has 32 heavy (non-hydrogen) atoms. The molecule has 9 heteroatoms. The number of nitrogens with one attached hydrogen (secondary N) is 1. The van der Waals surface area contributed by atoms with Gasteiger partial charge in [-0.15, -0.1) is 0 Å². The number of amides is 1.